The Kier molecular flexibility index (Phi) is 3.33. The van der Waals surface area contributed by atoms with Gasteiger partial charge in [-0.2, -0.15) is 0 Å². The van der Waals surface area contributed by atoms with Crippen LogP contribution in [0.25, 0.3) is 0 Å². The summed E-state index contributed by atoms with van der Waals surface area (Å²) in [6.45, 7) is 3.48. The monoisotopic (exact) mass is 331 g/mol. The molecule has 0 aromatic carbocycles. The molecule has 0 saturated carbocycles. The van der Waals surface area contributed by atoms with E-state index in [9.17, 15) is 9.59 Å². The molecule has 0 spiro atoms. The van der Waals surface area contributed by atoms with E-state index in [2.05, 4.69) is 26.2 Å². The van der Waals surface area contributed by atoms with Crippen molar-refractivity contribution in [1.82, 2.24) is 10.3 Å². The number of aromatic nitrogens is 1. The number of piperazine rings is 1. The van der Waals surface area contributed by atoms with Gasteiger partial charge in [-0.15, -0.1) is 0 Å². The zero-order valence-corrected chi connectivity index (χ0v) is 12.2. The first-order valence-electron chi connectivity index (χ1n) is 5.25. The predicted octanol–water partition coefficient (Wildman–Crippen LogP) is 1.74. The molecule has 96 valence electrons. The molecule has 0 atom stereocenters. The summed E-state index contributed by atoms with van der Waals surface area (Å²) in [5.41, 5.74) is -0.877. The Morgan fingerprint density at radius 1 is 1.50 bits per heavy atom. The summed E-state index contributed by atoms with van der Waals surface area (Å²) in [4.78, 5) is 29.1. The molecule has 1 aliphatic heterocycles. The van der Waals surface area contributed by atoms with Crippen molar-refractivity contribution < 1.29 is 9.59 Å². The molecule has 0 radical (unpaired) electrons. The van der Waals surface area contributed by atoms with Gasteiger partial charge in [0.1, 0.15) is 11.4 Å². The third-order valence-corrected chi connectivity index (χ3v) is 3.54. The van der Waals surface area contributed by atoms with E-state index < -0.39 is 5.54 Å². The summed E-state index contributed by atoms with van der Waals surface area (Å²) in [5.74, 6) is -0.298. The lowest BCUT2D eigenvalue weighted by Crippen LogP contribution is -2.64. The van der Waals surface area contributed by atoms with Gasteiger partial charge >= 0.3 is 0 Å². The van der Waals surface area contributed by atoms with Crippen molar-refractivity contribution in [2.45, 2.75) is 19.4 Å². The number of nitrogens with zero attached hydrogens (tertiary/aromatic N) is 2. The first-order valence-corrected chi connectivity index (χ1v) is 6.42. The summed E-state index contributed by atoms with van der Waals surface area (Å²) >= 11 is 9.37. The van der Waals surface area contributed by atoms with Gasteiger partial charge in [-0.1, -0.05) is 11.6 Å². The molecule has 7 heteroatoms. The Bertz CT molecular complexity index is 533. The number of halogens is 2. The average molecular weight is 333 g/mol. The van der Waals surface area contributed by atoms with Crippen LogP contribution in [0.15, 0.2) is 16.7 Å². The average Bonchev–Trinajstić information content (AvgIpc) is 2.24. The molecule has 1 aliphatic rings. The van der Waals surface area contributed by atoms with Crippen LogP contribution < -0.4 is 10.2 Å². The first-order chi connectivity index (χ1) is 8.32. The molecular formula is C11H11BrClN3O2. The summed E-state index contributed by atoms with van der Waals surface area (Å²) in [6.07, 6.45) is 1.58. The number of pyridine rings is 1. The quantitative estimate of drug-likeness (QED) is 0.796. The lowest BCUT2D eigenvalue weighted by molar-refractivity contribution is -0.135. The van der Waals surface area contributed by atoms with Crippen LogP contribution in [0, 0.1) is 0 Å². The fourth-order valence-corrected chi connectivity index (χ4v) is 2.46. The van der Waals surface area contributed by atoms with Crippen LogP contribution in [-0.4, -0.2) is 28.9 Å². The van der Waals surface area contributed by atoms with Crippen LogP contribution in [0.3, 0.4) is 0 Å². The zero-order valence-electron chi connectivity index (χ0n) is 9.83. The highest BCUT2D eigenvalue weighted by atomic mass is 79.9. The molecule has 1 aromatic rings. The lowest BCUT2D eigenvalue weighted by Gasteiger charge is -2.41. The maximum Gasteiger partial charge on any atom is 0.251 e. The fourth-order valence-electron chi connectivity index (χ4n) is 1.73. The van der Waals surface area contributed by atoms with Crippen molar-refractivity contribution in [2.75, 3.05) is 11.4 Å². The summed E-state index contributed by atoms with van der Waals surface area (Å²) < 4.78 is 0.738. The van der Waals surface area contributed by atoms with Crippen molar-refractivity contribution in [3.8, 4) is 0 Å². The van der Waals surface area contributed by atoms with Gasteiger partial charge in [-0.05, 0) is 35.8 Å². The molecule has 0 bridgehead atoms. The molecule has 2 amide bonds. The second kappa shape index (κ2) is 4.51. The van der Waals surface area contributed by atoms with Gasteiger partial charge in [0.05, 0.1) is 11.6 Å². The van der Waals surface area contributed by atoms with Gasteiger partial charge in [0.2, 0.25) is 5.91 Å². The number of hydrogen-bond acceptors (Lipinski definition) is 4. The third kappa shape index (κ3) is 2.22. The number of carbonyl (C=O) groups excluding carboxylic acids is 2. The van der Waals surface area contributed by atoms with Gasteiger partial charge in [-0.3, -0.25) is 14.9 Å². The van der Waals surface area contributed by atoms with Crippen LogP contribution in [0.4, 0.5) is 5.82 Å². The Hall–Kier alpha value is -1.14. The van der Waals surface area contributed by atoms with Crippen LogP contribution in [0.1, 0.15) is 13.8 Å². The molecule has 0 aliphatic carbocycles. The molecule has 0 unspecified atom stereocenters. The summed E-state index contributed by atoms with van der Waals surface area (Å²) in [6, 6.07) is 1.68. The van der Waals surface area contributed by atoms with Gasteiger partial charge in [0.25, 0.3) is 5.91 Å². The second-order valence-corrected chi connectivity index (χ2v) is 5.80. The predicted molar refractivity (Wildman–Crippen MR) is 71.5 cm³/mol. The molecule has 1 fully saturated rings. The number of nitrogens with one attached hydrogen (secondary N) is 1. The van der Waals surface area contributed by atoms with E-state index in [0.29, 0.717) is 10.8 Å². The molecular weight excluding hydrogens is 321 g/mol. The van der Waals surface area contributed by atoms with Gasteiger partial charge < -0.3 is 4.90 Å². The van der Waals surface area contributed by atoms with Gasteiger partial charge in [0.15, 0.2) is 0 Å². The molecule has 1 saturated heterocycles. The van der Waals surface area contributed by atoms with E-state index in [0.717, 1.165) is 4.47 Å². The highest BCUT2D eigenvalue weighted by molar-refractivity contribution is 9.10. The largest absolute Gasteiger partial charge is 0.332 e. The topological polar surface area (TPSA) is 62.3 Å². The summed E-state index contributed by atoms with van der Waals surface area (Å²) in [7, 11) is 0. The Morgan fingerprint density at radius 3 is 2.78 bits per heavy atom. The van der Waals surface area contributed by atoms with Crippen LogP contribution in [0.2, 0.25) is 5.02 Å². The minimum Gasteiger partial charge on any atom is -0.332 e. The molecule has 1 N–H and O–H groups in total. The van der Waals surface area contributed by atoms with E-state index in [-0.39, 0.29) is 18.4 Å². The maximum absolute atomic E-state index is 11.8. The molecule has 2 rings (SSSR count). The van der Waals surface area contributed by atoms with Crippen molar-refractivity contribution >= 4 is 45.2 Å². The molecule has 2 heterocycles. The Balaban J connectivity index is 2.47. The SMILES string of the molecule is CC1(C)C(=O)NC(=O)CN1c1ncc(Br)cc1Cl. The fraction of sp³-hybridized carbons (Fsp3) is 0.364. The molecule has 18 heavy (non-hydrogen) atoms. The smallest absolute Gasteiger partial charge is 0.251 e. The number of anilines is 1. The lowest BCUT2D eigenvalue weighted by atomic mass is 9.99. The van der Waals surface area contributed by atoms with E-state index in [4.69, 9.17) is 11.6 Å². The van der Waals surface area contributed by atoms with Gasteiger partial charge in [-0.25, -0.2) is 4.98 Å². The number of amides is 2. The van der Waals surface area contributed by atoms with E-state index in [1.54, 1.807) is 31.0 Å². The zero-order chi connectivity index (χ0) is 13.5. The number of hydrogen-bond donors (Lipinski definition) is 1. The highest BCUT2D eigenvalue weighted by Gasteiger charge is 2.42. The van der Waals surface area contributed by atoms with Crippen LogP contribution in [0.5, 0.6) is 0 Å². The van der Waals surface area contributed by atoms with Crippen LogP contribution in [-0.2, 0) is 9.59 Å². The van der Waals surface area contributed by atoms with Crippen LogP contribution >= 0.6 is 27.5 Å². The third-order valence-electron chi connectivity index (χ3n) is 2.83. The minimum atomic E-state index is -0.877. The van der Waals surface area contributed by atoms with Crippen molar-refractivity contribution in [2.24, 2.45) is 0 Å². The van der Waals surface area contributed by atoms with E-state index in [1.807, 2.05) is 0 Å². The van der Waals surface area contributed by atoms with E-state index in [1.165, 1.54) is 0 Å². The highest BCUT2D eigenvalue weighted by Crippen LogP contribution is 2.32. The summed E-state index contributed by atoms with van der Waals surface area (Å²) in [5, 5.41) is 2.69. The number of carbonyl (C=O) groups is 2. The Morgan fingerprint density at radius 2 is 2.17 bits per heavy atom. The number of rotatable bonds is 1. The molecule has 5 nitrogen and oxygen atoms in total. The second-order valence-electron chi connectivity index (χ2n) is 4.48. The first kappa shape index (κ1) is 13.3. The van der Waals surface area contributed by atoms with Crippen molar-refractivity contribution in [3.63, 3.8) is 0 Å². The minimum absolute atomic E-state index is 0.0487. The maximum atomic E-state index is 11.8. The number of imide groups is 1. The Labute approximate surface area is 118 Å². The van der Waals surface area contributed by atoms with E-state index >= 15 is 0 Å². The van der Waals surface area contributed by atoms with Crippen molar-refractivity contribution in [1.29, 1.82) is 0 Å². The normalized spacial score (nSPS) is 18.8. The molecule has 1 aromatic heterocycles. The standard InChI is InChI=1S/C11H11BrClN3O2/c1-11(2)10(18)15-8(17)5-16(11)9-7(13)3-6(12)4-14-9/h3-4H,5H2,1-2H3,(H,15,17,18). The van der Waals surface area contributed by atoms with Gasteiger partial charge in [0, 0.05) is 10.7 Å². The van der Waals surface area contributed by atoms with Crippen molar-refractivity contribution in [3.05, 3.63) is 21.8 Å².